The van der Waals surface area contributed by atoms with E-state index in [2.05, 4.69) is 50.8 Å². The third-order valence-electron chi connectivity index (χ3n) is 5.82. The molecule has 142 valence electrons. The van der Waals surface area contributed by atoms with Gasteiger partial charge in [-0.3, -0.25) is 9.59 Å². The van der Waals surface area contributed by atoms with Gasteiger partial charge in [0.05, 0.1) is 0 Å². The lowest BCUT2D eigenvalue weighted by Crippen LogP contribution is -2.55. The lowest BCUT2D eigenvalue weighted by Gasteiger charge is -2.39. The maximum atomic E-state index is 12.7. The number of benzene rings is 1. The van der Waals surface area contributed by atoms with E-state index >= 15 is 0 Å². The predicted octanol–water partition coefficient (Wildman–Crippen LogP) is 2.46. The number of rotatable bonds is 1. The van der Waals surface area contributed by atoms with Gasteiger partial charge in [0.2, 0.25) is 0 Å². The molecule has 0 bridgehead atoms. The summed E-state index contributed by atoms with van der Waals surface area (Å²) in [6.07, 6.45) is 1.13. The highest BCUT2D eigenvalue weighted by Gasteiger charge is 2.33. The molecule has 0 radical (unpaired) electrons. The number of carbonyl (C=O) groups is 2. The topological polar surface area (TPSA) is 43.9 Å². The first-order valence-corrected chi connectivity index (χ1v) is 9.76. The number of amides is 2. The number of likely N-dealkylation sites (tertiary alicyclic amines) is 1. The Hall–Kier alpha value is -2.04. The minimum Gasteiger partial charge on any atom is -0.368 e. The monoisotopic (exact) mass is 357 g/mol. The number of hydrogen-bond donors (Lipinski definition) is 0. The van der Waals surface area contributed by atoms with E-state index in [1.165, 1.54) is 16.8 Å². The maximum Gasteiger partial charge on any atom is 0.312 e. The standard InChI is InChI=1S/C21H31N3O2/c1-15-12-16(2)14-24(13-15)21(26)20(25)23-10-8-22(9-11-23)19-7-5-6-17(3)18(19)4/h5-7,15-16H,8-14H2,1-4H3. The Kier molecular flexibility index (Phi) is 5.54. The van der Waals surface area contributed by atoms with Crippen LogP contribution in [0.4, 0.5) is 5.69 Å². The van der Waals surface area contributed by atoms with Gasteiger partial charge in [-0.05, 0) is 49.3 Å². The molecule has 2 aliphatic rings. The molecule has 0 saturated carbocycles. The smallest absolute Gasteiger partial charge is 0.312 e. The van der Waals surface area contributed by atoms with Crippen LogP contribution in [0.15, 0.2) is 18.2 Å². The zero-order valence-electron chi connectivity index (χ0n) is 16.5. The van der Waals surface area contributed by atoms with Gasteiger partial charge in [-0.15, -0.1) is 0 Å². The van der Waals surface area contributed by atoms with Crippen molar-refractivity contribution < 1.29 is 9.59 Å². The van der Waals surface area contributed by atoms with E-state index < -0.39 is 0 Å². The zero-order chi connectivity index (χ0) is 18.8. The first-order valence-electron chi connectivity index (χ1n) is 9.76. The van der Waals surface area contributed by atoms with Gasteiger partial charge in [0.15, 0.2) is 0 Å². The van der Waals surface area contributed by atoms with Gasteiger partial charge in [-0.1, -0.05) is 26.0 Å². The Morgan fingerprint density at radius 2 is 1.46 bits per heavy atom. The van der Waals surface area contributed by atoms with Gasteiger partial charge >= 0.3 is 11.8 Å². The van der Waals surface area contributed by atoms with Crippen molar-refractivity contribution in [2.45, 2.75) is 34.1 Å². The zero-order valence-corrected chi connectivity index (χ0v) is 16.5. The van der Waals surface area contributed by atoms with Crippen molar-refractivity contribution in [3.8, 4) is 0 Å². The van der Waals surface area contributed by atoms with Crippen LogP contribution >= 0.6 is 0 Å². The van der Waals surface area contributed by atoms with Crippen LogP contribution in [0, 0.1) is 25.7 Å². The maximum absolute atomic E-state index is 12.7. The van der Waals surface area contributed by atoms with Crippen LogP contribution < -0.4 is 4.90 Å². The van der Waals surface area contributed by atoms with E-state index in [1.807, 2.05) is 0 Å². The van der Waals surface area contributed by atoms with Crippen molar-refractivity contribution in [2.24, 2.45) is 11.8 Å². The Morgan fingerprint density at radius 1 is 0.885 bits per heavy atom. The quantitative estimate of drug-likeness (QED) is 0.725. The molecule has 1 aromatic rings. The second kappa shape index (κ2) is 7.68. The summed E-state index contributed by atoms with van der Waals surface area (Å²) >= 11 is 0. The summed E-state index contributed by atoms with van der Waals surface area (Å²) in [5.74, 6) is 0.295. The van der Waals surface area contributed by atoms with Crippen molar-refractivity contribution in [1.82, 2.24) is 9.80 Å². The molecule has 2 unspecified atom stereocenters. The van der Waals surface area contributed by atoms with Gasteiger partial charge in [-0.25, -0.2) is 0 Å². The van der Waals surface area contributed by atoms with Gasteiger partial charge < -0.3 is 14.7 Å². The second-order valence-corrected chi connectivity index (χ2v) is 8.15. The molecule has 2 atom stereocenters. The molecule has 0 spiro atoms. The molecular weight excluding hydrogens is 326 g/mol. The molecule has 2 aliphatic heterocycles. The van der Waals surface area contributed by atoms with E-state index in [4.69, 9.17) is 0 Å². The van der Waals surface area contributed by atoms with Crippen LogP contribution in [0.25, 0.3) is 0 Å². The second-order valence-electron chi connectivity index (χ2n) is 8.15. The average Bonchev–Trinajstić information content (AvgIpc) is 2.62. The Balaban J connectivity index is 1.60. The first-order chi connectivity index (χ1) is 12.4. The number of carbonyl (C=O) groups excluding carboxylic acids is 2. The van der Waals surface area contributed by atoms with Crippen molar-refractivity contribution in [3.63, 3.8) is 0 Å². The van der Waals surface area contributed by atoms with Crippen molar-refractivity contribution in [1.29, 1.82) is 0 Å². The lowest BCUT2D eigenvalue weighted by atomic mass is 9.92. The van der Waals surface area contributed by atoms with E-state index in [1.54, 1.807) is 9.80 Å². The minimum absolute atomic E-state index is 0.316. The van der Waals surface area contributed by atoms with E-state index in [9.17, 15) is 9.59 Å². The lowest BCUT2D eigenvalue weighted by molar-refractivity contribution is -0.153. The minimum atomic E-state index is -0.327. The molecule has 5 heteroatoms. The SMILES string of the molecule is Cc1cccc(N2CCN(C(=O)C(=O)N3CC(C)CC(C)C3)CC2)c1C. The summed E-state index contributed by atoms with van der Waals surface area (Å²) in [6.45, 7) is 12.8. The van der Waals surface area contributed by atoms with Crippen LogP contribution in [-0.2, 0) is 9.59 Å². The van der Waals surface area contributed by atoms with Crippen LogP contribution in [0.1, 0.15) is 31.4 Å². The molecule has 0 aromatic heterocycles. The van der Waals surface area contributed by atoms with E-state index in [0.29, 0.717) is 38.0 Å². The van der Waals surface area contributed by atoms with Crippen LogP contribution in [0.2, 0.25) is 0 Å². The van der Waals surface area contributed by atoms with Crippen molar-refractivity contribution in [2.75, 3.05) is 44.2 Å². The number of hydrogen-bond acceptors (Lipinski definition) is 3. The highest BCUT2D eigenvalue weighted by molar-refractivity contribution is 6.35. The highest BCUT2D eigenvalue weighted by atomic mass is 16.2. The molecule has 0 aliphatic carbocycles. The van der Waals surface area contributed by atoms with Gasteiger partial charge in [0.25, 0.3) is 0 Å². The number of nitrogens with zero attached hydrogens (tertiary/aromatic N) is 3. The number of aryl methyl sites for hydroxylation is 1. The van der Waals surface area contributed by atoms with Gasteiger partial charge in [0.1, 0.15) is 0 Å². The largest absolute Gasteiger partial charge is 0.368 e. The molecule has 2 saturated heterocycles. The summed E-state index contributed by atoms with van der Waals surface area (Å²) in [5, 5.41) is 0. The summed E-state index contributed by atoms with van der Waals surface area (Å²) in [7, 11) is 0. The number of piperazine rings is 1. The predicted molar refractivity (Wildman–Crippen MR) is 104 cm³/mol. The molecule has 2 amide bonds. The third kappa shape index (κ3) is 3.87. The fraction of sp³-hybridized carbons (Fsp3) is 0.619. The molecule has 5 nitrogen and oxygen atoms in total. The van der Waals surface area contributed by atoms with Crippen LogP contribution in [0.5, 0.6) is 0 Å². The Labute approximate surface area is 156 Å². The average molecular weight is 357 g/mol. The summed E-state index contributed by atoms with van der Waals surface area (Å²) in [4.78, 5) is 31.2. The third-order valence-corrected chi connectivity index (χ3v) is 5.82. The normalized spacial score (nSPS) is 23.9. The van der Waals surface area contributed by atoms with E-state index in [-0.39, 0.29) is 11.8 Å². The first kappa shape index (κ1) is 18.7. The molecule has 1 aromatic carbocycles. The molecule has 0 N–H and O–H groups in total. The van der Waals surface area contributed by atoms with Gasteiger partial charge in [-0.2, -0.15) is 0 Å². The molecule has 26 heavy (non-hydrogen) atoms. The van der Waals surface area contributed by atoms with E-state index in [0.717, 1.165) is 19.5 Å². The summed E-state index contributed by atoms with van der Waals surface area (Å²) in [6, 6.07) is 6.34. The fourth-order valence-electron chi connectivity index (χ4n) is 4.33. The Morgan fingerprint density at radius 3 is 2.08 bits per heavy atom. The summed E-state index contributed by atoms with van der Waals surface area (Å²) in [5.41, 5.74) is 3.81. The molecule has 2 heterocycles. The van der Waals surface area contributed by atoms with Crippen molar-refractivity contribution >= 4 is 17.5 Å². The molecule has 2 fully saturated rings. The van der Waals surface area contributed by atoms with Crippen LogP contribution in [0.3, 0.4) is 0 Å². The van der Waals surface area contributed by atoms with Crippen molar-refractivity contribution in [3.05, 3.63) is 29.3 Å². The molecular formula is C21H31N3O2. The van der Waals surface area contributed by atoms with Gasteiger partial charge in [0, 0.05) is 45.0 Å². The fourth-order valence-corrected chi connectivity index (χ4v) is 4.33. The number of anilines is 1. The highest BCUT2D eigenvalue weighted by Crippen LogP contribution is 2.24. The molecule has 3 rings (SSSR count). The summed E-state index contributed by atoms with van der Waals surface area (Å²) < 4.78 is 0. The Bertz CT molecular complexity index is 670. The van der Waals surface area contributed by atoms with Crippen LogP contribution in [-0.4, -0.2) is 60.9 Å². The number of piperidine rings is 1.